The Balaban J connectivity index is 1.65. The summed E-state index contributed by atoms with van der Waals surface area (Å²) in [6, 6.07) is 16.4. The highest BCUT2D eigenvalue weighted by Crippen LogP contribution is 2.34. The van der Waals surface area contributed by atoms with E-state index in [1.165, 1.54) is 28.6 Å². The van der Waals surface area contributed by atoms with Gasteiger partial charge in [0.1, 0.15) is 39.3 Å². The van der Waals surface area contributed by atoms with Crippen LogP contribution < -0.4 is 15.6 Å². The second kappa shape index (κ2) is 7.51. The van der Waals surface area contributed by atoms with Gasteiger partial charge in [-0.25, -0.2) is 15.0 Å². The van der Waals surface area contributed by atoms with Crippen LogP contribution >= 0.6 is 11.3 Å². The highest BCUT2D eigenvalue weighted by atomic mass is 32.1. The Morgan fingerprint density at radius 1 is 1.13 bits per heavy atom. The van der Waals surface area contributed by atoms with Crippen LogP contribution in [0.3, 0.4) is 0 Å². The Morgan fingerprint density at radius 3 is 2.74 bits per heavy atom. The van der Waals surface area contributed by atoms with E-state index in [9.17, 15) is 4.79 Å². The van der Waals surface area contributed by atoms with Crippen molar-refractivity contribution in [2.24, 2.45) is 0 Å². The summed E-state index contributed by atoms with van der Waals surface area (Å²) in [7, 11) is 1.59. The second-order valence-corrected chi connectivity index (χ2v) is 7.62. The summed E-state index contributed by atoms with van der Waals surface area (Å²) in [5.74, 6) is 1.24. The minimum absolute atomic E-state index is 0.185. The van der Waals surface area contributed by atoms with E-state index in [0.717, 1.165) is 0 Å². The van der Waals surface area contributed by atoms with Gasteiger partial charge in [-0.05, 0) is 42.5 Å². The predicted molar refractivity (Wildman–Crippen MR) is 119 cm³/mol. The average molecular weight is 426 g/mol. The van der Waals surface area contributed by atoms with Crippen LogP contribution in [0.25, 0.3) is 26.1 Å². The van der Waals surface area contributed by atoms with Crippen LogP contribution in [0.4, 0.5) is 11.5 Å². The molecule has 0 unspecified atom stereocenters. The Hall–Kier alpha value is -4.29. The smallest absolute Gasteiger partial charge is 0.275 e. The molecule has 0 saturated carbocycles. The average Bonchev–Trinajstić information content (AvgIpc) is 3.20. The maximum absolute atomic E-state index is 13.2. The molecule has 0 spiro atoms. The number of nitrogens with one attached hydrogen (secondary N) is 1. The van der Waals surface area contributed by atoms with Gasteiger partial charge in [-0.1, -0.05) is 6.07 Å². The first-order chi connectivity index (χ1) is 15.2. The first-order valence-corrected chi connectivity index (χ1v) is 10.1. The molecule has 9 heteroatoms. The van der Waals surface area contributed by atoms with Crippen LogP contribution in [0.15, 0.2) is 66.0 Å². The van der Waals surface area contributed by atoms with Crippen LogP contribution in [-0.4, -0.2) is 26.6 Å². The molecule has 31 heavy (non-hydrogen) atoms. The highest BCUT2D eigenvalue weighted by molar-refractivity contribution is 7.25. The van der Waals surface area contributed by atoms with Crippen LogP contribution in [0.1, 0.15) is 5.56 Å². The molecule has 3 aromatic heterocycles. The highest BCUT2D eigenvalue weighted by Gasteiger charge is 2.17. The summed E-state index contributed by atoms with van der Waals surface area (Å²) < 4.78 is 7.16. The molecular formula is C22H14N6O2S. The summed E-state index contributed by atoms with van der Waals surface area (Å²) in [4.78, 5) is 27.1. The summed E-state index contributed by atoms with van der Waals surface area (Å²) in [6.45, 7) is 0. The quantitative estimate of drug-likeness (QED) is 0.463. The van der Waals surface area contributed by atoms with Crippen LogP contribution in [0.2, 0.25) is 0 Å². The number of hydrogen-bond acceptors (Lipinski definition) is 8. The summed E-state index contributed by atoms with van der Waals surface area (Å²) in [5, 5.41) is 13.0. The molecule has 0 saturated heterocycles. The monoisotopic (exact) mass is 426 g/mol. The van der Waals surface area contributed by atoms with E-state index in [4.69, 9.17) is 10.00 Å². The predicted octanol–water partition coefficient (Wildman–Crippen LogP) is 4.01. The van der Waals surface area contributed by atoms with Crippen molar-refractivity contribution in [2.45, 2.75) is 0 Å². The number of anilines is 2. The summed E-state index contributed by atoms with van der Waals surface area (Å²) >= 11 is 1.27. The van der Waals surface area contributed by atoms with Crippen LogP contribution in [-0.2, 0) is 0 Å². The lowest BCUT2D eigenvalue weighted by atomic mass is 10.2. The van der Waals surface area contributed by atoms with Crippen LogP contribution in [0.5, 0.6) is 5.75 Å². The third-order valence-corrected chi connectivity index (χ3v) is 5.86. The zero-order valence-corrected chi connectivity index (χ0v) is 17.1. The number of benzene rings is 2. The third kappa shape index (κ3) is 3.25. The fraction of sp³-hybridized carbons (Fsp3) is 0.0455. The van der Waals surface area contributed by atoms with Crippen molar-refractivity contribution in [1.82, 2.24) is 19.5 Å². The van der Waals surface area contributed by atoms with Gasteiger partial charge < -0.3 is 10.1 Å². The Labute approximate surface area is 180 Å². The van der Waals surface area contributed by atoms with Gasteiger partial charge in [0.05, 0.1) is 29.8 Å². The van der Waals surface area contributed by atoms with Gasteiger partial charge in [0, 0.05) is 5.69 Å². The lowest BCUT2D eigenvalue weighted by molar-refractivity contribution is 0.414. The van der Waals surface area contributed by atoms with Crippen molar-refractivity contribution in [2.75, 3.05) is 12.4 Å². The zero-order chi connectivity index (χ0) is 21.4. The molecule has 150 valence electrons. The number of nitriles is 1. The molecule has 5 aromatic rings. The molecule has 0 bridgehead atoms. The van der Waals surface area contributed by atoms with Gasteiger partial charge in [0.25, 0.3) is 5.56 Å². The Morgan fingerprint density at radius 2 is 1.97 bits per heavy atom. The van der Waals surface area contributed by atoms with E-state index in [1.807, 2.05) is 6.07 Å². The SMILES string of the molecule is COc1ccc(-n2cnc3c(sc4ncnc(Nc5cccc(C#N)c5)c43)c2=O)cc1. The molecule has 0 radical (unpaired) electrons. The van der Waals surface area contributed by atoms with E-state index < -0.39 is 0 Å². The minimum atomic E-state index is -0.185. The van der Waals surface area contributed by atoms with Gasteiger partial charge in [-0.15, -0.1) is 11.3 Å². The molecule has 0 amide bonds. The molecular weight excluding hydrogens is 412 g/mol. The molecule has 8 nitrogen and oxygen atoms in total. The Bertz CT molecular complexity index is 1530. The van der Waals surface area contributed by atoms with Gasteiger partial charge in [-0.3, -0.25) is 9.36 Å². The number of fused-ring (bicyclic) bond motifs is 3. The van der Waals surface area contributed by atoms with Crippen molar-refractivity contribution in [3.63, 3.8) is 0 Å². The lowest BCUT2D eigenvalue weighted by Crippen LogP contribution is -2.17. The van der Waals surface area contributed by atoms with E-state index >= 15 is 0 Å². The number of thiophene rings is 1. The second-order valence-electron chi connectivity index (χ2n) is 6.62. The largest absolute Gasteiger partial charge is 0.497 e. The number of hydrogen-bond donors (Lipinski definition) is 1. The third-order valence-electron chi connectivity index (χ3n) is 4.78. The molecule has 2 aromatic carbocycles. The summed E-state index contributed by atoms with van der Waals surface area (Å²) in [6.07, 6.45) is 2.95. The van der Waals surface area contributed by atoms with E-state index in [-0.39, 0.29) is 5.56 Å². The zero-order valence-electron chi connectivity index (χ0n) is 16.2. The molecule has 5 rings (SSSR count). The minimum Gasteiger partial charge on any atom is -0.497 e. The molecule has 0 fully saturated rings. The number of methoxy groups -OCH3 is 1. The molecule has 3 heterocycles. The Kier molecular flexibility index (Phi) is 4.54. The first-order valence-electron chi connectivity index (χ1n) is 9.24. The van der Waals surface area contributed by atoms with Crippen molar-refractivity contribution in [3.05, 3.63) is 77.1 Å². The number of nitrogens with zero attached hydrogens (tertiary/aromatic N) is 5. The van der Waals surface area contributed by atoms with E-state index in [1.54, 1.807) is 49.6 Å². The molecule has 0 aliphatic carbocycles. The summed E-state index contributed by atoms with van der Waals surface area (Å²) in [5.41, 5.74) is 2.29. The van der Waals surface area contributed by atoms with Crippen molar-refractivity contribution < 1.29 is 4.74 Å². The number of ether oxygens (including phenoxy) is 1. The van der Waals surface area contributed by atoms with Gasteiger partial charge in [0.15, 0.2) is 0 Å². The maximum atomic E-state index is 13.2. The standard InChI is InChI=1S/C22H14N6O2S/c1-30-16-7-5-15(6-8-16)28-12-26-18-17-20(27-14-4-2-3-13(9-14)10-23)24-11-25-21(17)31-19(18)22(28)29/h2-9,11-12H,1H3,(H,24,25,27). The normalized spacial score (nSPS) is 10.8. The molecule has 1 N–H and O–H groups in total. The van der Waals surface area contributed by atoms with Gasteiger partial charge in [0.2, 0.25) is 0 Å². The molecule has 0 aliphatic rings. The fourth-order valence-electron chi connectivity index (χ4n) is 3.29. The first kappa shape index (κ1) is 18.7. The number of rotatable bonds is 4. The fourth-order valence-corrected chi connectivity index (χ4v) is 4.31. The molecule has 0 aliphatic heterocycles. The van der Waals surface area contributed by atoms with Crippen LogP contribution in [0, 0.1) is 11.3 Å². The molecule has 0 atom stereocenters. The number of aromatic nitrogens is 4. The van der Waals surface area contributed by atoms with E-state index in [0.29, 0.717) is 48.9 Å². The topological polar surface area (TPSA) is 106 Å². The van der Waals surface area contributed by atoms with Gasteiger partial charge >= 0.3 is 0 Å². The van der Waals surface area contributed by atoms with E-state index in [2.05, 4.69) is 26.3 Å². The van der Waals surface area contributed by atoms with Crippen molar-refractivity contribution >= 4 is 43.3 Å². The van der Waals surface area contributed by atoms with Crippen molar-refractivity contribution in [3.8, 4) is 17.5 Å². The van der Waals surface area contributed by atoms with Crippen molar-refractivity contribution in [1.29, 1.82) is 5.26 Å². The maximum Gasteiger partial charge on any atom is 0.275 e. The van der Waals surface area contributed by atoms with Gasteiger partial charge in [-0.2, -0.15) is 5.26 Å². The lowest BCUT2D eigenvalue weighted by Gasteiger charge is -2.08.